The molecule has 0 bridgehead atoms. The van der Waals surface area contributed by atoms with Gasteiger partial charge in [0.1, 0.15) is 54.9 Å². The molecule has 4 unspecified atom stereocenters. The van der Waals surface area contributed by atoms with Crippen molar-refractivity contribution in [2.75, 3.05) is 13.2 Å². The van der Waals surface area contributed by atoms with Crippen LogP contribution in [0.25, 0.3) is 0 Å². The Morgan fingerprint density at radius 1 is 0.318 bits per heavy atom. The maximum atomic E-state index is 11.5. The van der Waals surface area contributed by atoms with E-state index in [0.717, 1.165) is 0 Å². The van der Waals surface area contributed by atoms with Gasteiger partial charge in [-0.15, -0.1) is 0 Å². The molecule has 1 rings (SSSR count). The van der Waals surface area contributed by atoms with Gasteiger partial charge in [-0.25, -0.2) is 50.2 Å². The highest BCUT2D eigenvalue weighted by molar-refractivity contribution is 7.71. The fourth-order valence-corrected chi connectivity index (χ4v) is 13.3. The fraction of sp³-hybridized carbons (Fsp3) is 1.00. The SMILES string of the molecule is O=P(O)(O)OC1C(OP(=O)(O)O)C(OP(=O)(O)O)C(OP(=O)(O)O)C(OP(=O)(O)O)C1OP(=O)(O)O.O=P(O)(O)OP(=O)(O)OP(=O)(O)OP(=O)(O)OP(=O)(O)OC[C@H](O)[C@@H](O)[C@H](O)CO. The molecule has 0 spiro atoms. The van der Waals surface area contributed by atoms with Gasteiger partial charge in [0.05, 0.1) is 13.2 Å². The summed E-state index contributed by atoms with van der Waals surface area (Å²) in [5.41, 5.74) is 0. The summed E-state index contributed by atoms with van der Waals surface area (Å²) in [6.45, 7) is -2.42. The van der Waals surface area contributed by atoms with Gasteiger partial charge in [-0.3, -0.25) is 31.7 Å². The number of aliphatic hydroxyl groups excluding tert-OH is 4. The number of rotatable bonds is 26. The van der Waals surface area contributed by atoms with Crippen molar-refractivity contribution in [3.8, 4) is 0 Å². The highest BCUT2D eigenvalue weighted by atomic mass is 31.3. The van der Waals surface area contributed by atoms with Crippen LogP contribution in [0.3, 0.4) is 0 Å². The van der Waals surface area contributed by atoms with E-state index < -0.39 is 154 Å². The van der Waals surface area contributed by atoms with Gasteiger partial charge in [0.25, 0.3) is 0 Å². The van der Waals surface area contributed by atoms with Crippen molar-refractivity contribution in [3.63, 3.8) is 0 Å². The first-order valence-corrected chi connectivity index (χ1v) is 31.3. The van der Waals surface area contributed by atoms with E-state index in [1.807, 2.05) is 0 Å². The van der Waals surface area contributed by atoms with Crippen molar-refractivity contribution < 1.29 is 208 Å². The normalized spacial score (nSPS) is 26.9. The fourth-order valence-electron chi connectivity index (χ4n) is 4.02. The molecule has 1 aliphatic rings. The van der Waals surface area contributed by atoms with Crippen molar-refractivity contribution in [2.24, 2.45) is 0 Å². The minimum Gasteiger partial charge on any atom is -0.394 e. The number of aliphatic hydroxyl groups is 4. The lowest BCUT2D eigenvalue weighted by Gasteiger charge is -2.48. The molecule has 0 saturated heterocycles. The molecule has 0 aliphatic heterocycles. The van der Waals surface area contributed by atoms with Crippen molar-refractivity contribution in [1.29, 1.82) is 0 Å². The van der Waals surface area contributed by atoms with Crippen molar-refractivity contribution in [2.45, 2.75) is 54.9 Å². The lowest BCUT2D eigenvalue weighted by molar-refractivity contribution is -0.202. The topological polar surface area (TPSA) is 734 Å². The van der Waals surface area contributed by atoms with E-state index in [4.69, 9.17) is 93.4 Å². The lowest BCUT2D eigenvalue weighted by atomic mass is 9.85. The molecule has 1 aliphatic carbocycles. The van der Waals surface area contributed by atoms with Crippen LogP contribution in [0.4, 0.5) is 0 Å². The third-order valence-corrected chi connectivity index (χ3v) is 15.9. The summed E-state index contributed by atoms with van der Waals surface area (Å²) in [6.07, 6.45) is -25.1. The summed E-state index contributed by atoms with van der Waals surface area (Å²) in [5.74, 6) is 0. The predicted octanol–water partition coefficient (Wildman–Crippen LogP) is -5.49. The smallest absolute Gasteiger partial charge is 0.394 e. The van der Waals surface area contributed by atoms with E-state index in [1.54, 1.807) is 0 Å². The van der Waals surface area contributed by atoms with Crippen LogP contribution in [0, 0.1) is 0 Å². The molecule has 0 heterocycles. The second kappa shape index (κ2) is 24.5. The molecule has 1 fully saturated rings. The van der Waals surface area contributed by atoms with Gasteiger partial charge in [-0.05, 0) is 0 Å². The molecule has 0 aromatic rings. The molecule has 55 heteroatoms. The Kier molecular flexibility index (Phi) is 24.9. The standard InChI is InChI=1S/C6H18O24P6.C5H17O20P5/c7-31(8,9)25-1-2(26-32(10,11)12)4(28-34(16,17)18)6(30-36(22,23)24)5(29-35(19,20)21)3(1)27-33(13,14)15;6-1-3(7)5(9)4(8)2-21-27(13,14)23-29(17,18)25-30(19,20)24-28(15,16)22-26(10,11)12/h1-6H,(H2,7,8,9)(H2,10,11,12)(H2,13,14,15)(H2,16,17,18)(H2,19,20,21)(H2,22,23,24);3-9H,1-2H2,(H,13,14)(H,15,16)(H,17,18)(H,19,20)(H2,10,11,12)/t;3-,4+,5+/m.1/s1. The lowest BCUT2D eigenvalue weighted by Crippen LogP contribution is -2.66. The second-order valence-corrected chi connectivity index (χ2v) is 25.9. The Bertz CT molecular complexity index is 1910. The largest absolute Gasteiger partial charge is 0.490 e. The molecule has 22 N–H and O–H groups in total. The average Bonchev–Trinajstić information content (AvgIpc) is 2.98. The van der Waals surface area contributed by atoms with Crippen LogP contribution < -0.4 is 0 Å². The number of phosphoric ester groups is 7. The van der Waals surface area contributed by atoms with Crippen LogP contribution in [0.2, 0.25) is 0 Å². The average molecular weight is 1210 g/mol. The zero-order chi connectivity index (χ0) is 52.9. The Labute approximate surface area is 361 Å². The molecule has 0 radical (unpaired) electrons. The van der Waals surface area contributed by atoms with E-state index in [2.05, 4.69) is 48.9 Å². The van der Waals surface area contributed by atoms with E-state index >= 15 is 0 Å². The molecule has 0 aromatic heterocycles. The van der Waals surface area contributed by atoms with Gasteiger partial charge in [0.15, 0.2) is 0 Å². The van der Waals surface area contributed by atoms with Gasteiger partial charge in [-0.1, -0.05) is 0 Å². The summed E-state index contributed by atoms with van der Waals surface area (Å²) in [5, 5.41) is 36.2. The maximum absolute atomic E-state index is 11.5. The Balaban J connectivity index is 0.00000130. The molecule has 66 heavy (non-hydrogen) atoms. The molecule has 0 aromatic carbocycles. The minimum absolute atomic E-state index is 1.04. The van der Waals surface area contributed by atoms with E-state index in [1.165, 1.54) is 0 Å². The maximum Gasteiger partial charge on any atom is 0.490 e. The predicted molar refractivity (Wildman–Crippen MR) is 188 cm³/mol. The minimum atomic E-state index is -6.24. The van der Waals surface area contributed by atoms with Crippen molar-refractivity contribution >= 4 is 86.0 Å². The van der Waals surface area contributed by atoms with E-state index in [9.17, 15) is 65.3 Å². The first-order chi connectivity index (χ1) is 28.7. The molecular weight excluding hydrogens is 1180 g/mol. The quantitative estimate of drug-likeness (QED) is 0.0359. The molecule has 1 saturated carbocycles. The van der Waals surface area contributed by atoms with Gasteiger partial charge < -0.3 is 109 Å². The van der Waals surface area contributed by atoms with Gasteiger partial charge >= 0.3 is 86.0 Å². The Hall–Kier alpha value is 1.21. The second-order valence-electron chi connectivity index (χ2n) is 11.2. The summed E-state index contributed by atoms with van der Waals surface area (Å²) >= 11 is 0. The van der Waals surface area contributed by atoms with Crippen molar-refractivity contribution in [3.05, 3.63) is 0 Å². The van der Waals surface area contributed by atoms with Gasteiger partial charge in [-0.2, -0.15) is 17.2 Å². The Morgan fingerprint density at radius 2 is 0.530 bits per heavy atom. The van der Waals surface area contributed by atoms with Crippen LogP contribution in [0.1, 0.15) is 0 Å². The summed E-state index contributed by atoms with van der Waals surface area (Å²) in [7, 11) is -66.1. The van der Waals surface area contributed by atoms with Crippen LogP contribution in [0.5, 0.6) is 0 Å². The third kappa shape index (κ3) is 29.7. The molecule has 7 atom stereocenters. The number of hydrogen-bond donors (Lipinski definition) is 22. The zero-order valence-corrected chi connectivity index (χ0v) is 40.2. The highest BCUT2D eigenvalue weighted by Gasteiger charge is 2.63. The molecule has 44 nitrogen and oxygen atoms in total. The number of hydrogen-bond acceptors (Lipinski definition) is 26. The van der Waals surface area contributed by atoms with Gasteiger partial charge in [0, 0.05) is 0 Å². The molecule has 0 amide bonds. The van der Waals surface area contributed by atoms with Crippen LogP contribution in [0.15, 0.2) is 0 Å². The van der Waals surface area contributed by atoms with Gasteiger partial charge in [0.2, 0.25) is 0 Å². The first kappa shape index (κ1) is 67.2. The first-order valence-electron chi connectivity index (χ1n) is 14.6. The Morgan fingerprint density at radius 3 is 0.727 bits per heavy atom. The van der Waals surface area contributed by atoms with Crippen LogP contribution in [-0.4, -0.2) is 177 Å². The van der Waals surface area contributed by atoms with Crippen LogP contribution >= 0.6 is 86.0 Å². The molecule has 398 valence electrons. The summed E-state index contributed by atoms with van der Waals surface area (Å²) in [6, 6.07) is 0. The third-order valence-electron chi connectivity index (χ3n) is 5.71. The van der Waals surface area contributed by atoms with Crippen molar-refractivity contribution in [1.82, 2.24) is 0 Å². The van der Waals surface area contributed by atoms with E-state index in [0.29, 0.717) is 0 Å². The highest BCUT2D eigenvalue weighted by Crippen LogP contribution is 2.73. The van der Waals surface area contributed by atoms with E-state index in [-0.39, 0.29) is 0 Å². The summed E-state index contributed by atoms with van der Waals surface area (Å²) < 4.78 is 166. The zero-order valence-electron chi connectivity index (χ0n) is 30.3. The summed E-state index contributed by atoms with van der Waals surface area (Å²) in [4.78, 5) is 163. The monoisotopic (exact) mass is 1210 g/mol. The van der Waals surface area contributed by atoms with Crippen LogP contribution in [-0.2, 0) is 99.1 Å². The molecular formula is C11H35O44P11. The number of phosphoric acid groups is 11.